The molecule has 2 aromatic rings. The van der Waals surface area contributed by atoms with Gasteiger partial charge < -0.3 is 4.74 Å². The molecule has 30 heavy (non-hydrogen) atoms. The summed E-state index contributed by atoms with van der Waals surface area (Å²) >= 11 is 6.22. The largest absolute Gasteiger partial charge is 0.391 e. The quantitative estimate of drug-likeness (QED) is 0.648. The molecular weight excluding hydrogens is 417 g/mol. The van der Waals surface area contributed by atoms with Crippen molar-refractivity contribution in [2.75, 3.05) is 7.05 Å². The maximum absolute atomic E-state index is 12.6. The first-order valence-corrected chi connectivity index (χ1v) is 10.7. The van der Waals surface area contributed by atoms with Crippen molar-refractivity contribution in [2.24, 2.45) is 0 Å². The van der Waals surface area contributed by atoms with E-state index in [9.17, 15) is 13.2 Å². The normalized spacial score (nSPS) is 23.5. The van der Waals surface area contributed by atoms with Crippen LogP contribution in [0.5, 0.6) is 0 Å². The molecule has 2 aliphatic rings. The van der Waals surface area contributed by atoms with Crippen LogP contribution in [0, 0.1) is 0 Å². The van der Waals surface area contributed by atoms with Gasteiger partial charge in [0.1, 0.15) is 5.82 Å². The molecule has 2 heterocycles. The Labute approximate surface area is 179 Å². The number of alkyl halides is 3. The van der Waals surface area contributed by atoms with Crippen molar-refractivity contribution in [3.8, 4) is 5.69 Å². The lowest BCUT2D eigenvalue weighted by atomic mass is 9.86. The molecule has 1 aromatic carbocycles. The Morgan fingerprint density at radius 2 is 1.90 bits per heavy atom. The van der Waals surface area contributed by atoms with Crippen LogP contribution in [0.1, 0.15) is 62.2 Å². The van der Waals surface area contributed by atoms with E-state index >= 15 is 0 Å². The minimum absolute atomic E-state index is 0.137. The Hall–Kier alpha value is -1.64. The van der Waals surface area contributed by atoms with Gasteiger partial charge in [0.15, 0.2) is 5.82 Å². The van der Waals surface area contributed by atoms with Crippen molar-refractivity contribution in [1.29, 1.82) is 0 Å². The first kappa shape index (κ1) is 21.6. The number of benzene rings is 1. The van der Waals surface area contributed by atoms with Crippen molar-refractivity contribution in [1.82, 2.24) is 19.7 Å². The van der Waals surface area contributed by atoms with E-state index in [0.29, 0.717) is 11.6 Å². The third-order valence-corrected chi connectivity index (χ3v) is 6.11. The van der Waals surface area contributed by atoms with Gasteiger partial charge in [-0.15, -0.1) is 10.2 Å². The highest BCUT2D eigenvalue weighted by Gasteiger charge is 2.34. The summed E-state index contributed by atoms with van der Waals surface area (Å²) in [5.41, 5.74) is 2.18. The van der Waals surface area contributed by atoms with Crippen LogP contribution in [0.4, 0.5) is 13.2 Å². The monoisotopic (exact) mass is 442 g/mol. The molecule has 1 aromatic heterocycles. The molecule has 0 N–H and O–H groups in total. The molecule has 0 radical (unpaired) electrons. The fraction of sp³-hybridized carbons (Fsp3) is 0.619. The van der Waals surface area contributed by atoms with Gasteiger partial charge in [-0.25, -0.2) is 0 Å². The fourth-order valence-electron chi connectivity index (χ4n) is 4.61. The molecule has 0 saturated heterocycles. The van der Waals surface area contributed by atoms with E-state index in [4.69, 9.17) is 16.3 Å². The van der Waals surface area contributed by atoms with Crippen LogP contribution in [-0.4, -0.2) is 45.1 Å². The number of rotatable bonds is 4. The molecule has 0 bridgehead atoms. The third kappa shape index (κ3) is 4.81. The Morgan fingerprint density at radius 3 is 2.60 bits per heavy atom. The van der Waals surface area contributed by atoms with Gasteiger partial charge in [-0.3, -0.25) is 9.47 Å². The van der Waals surface area contributed by atoms with Crippen molar-refractivity contribution in [2.45, 2.75) is 76.4 Å². The molecule has 0 amide bonds. The van der Waals surface area contributed by atoms with Gasteiger partial charge in [0, 0.05) is 17.5 Å². The molecule has 164 valence electrons. The van der Waals surface area contributed by atoms with E-state index < -0.39 is 18.7 Å². The number of nitrogens with zero attached hydrogens (tertiary/aromatic N) is 4. The first-order chi connectivity index (χ1) is 14.2. The molecule has 1 saturated carbocycles. The standard InChI is InChI=1S/C21H26ClF3N4O/c1-13(10-21(23,24)25)30-17-6-3-14(4-7-17)20-27-26-19-12-28(2)11-15-9-16(22)5-8-18(15)29(19)20/h5,8-9,13-14,17H,3-4,6-7,10-12H2,1-2H3/t13?,14-,17-. The van der Waals surface area contributed by atoms with E-state index in [0.717, 1.165) is 55.1 Å². The Balaban J connectivity index is 1.50. The third-order valence-electron chi connectivity index (χ3n) is 5.87. The van der Waals surface area contributed by atoms with Gasteiger partial charge in [0.25, 0.3) is 0 Å². The van der Waals surface area contributed by atoms with Gasteiger partial charge in [-0.05, 0) is 63.4 Å². The number of hydrogen-bond acceptors (Lipinski definition) is 4. The minimum atomic E-state index is -4.20. The molecule has 4 rings (SSSR count). The minimum Gasteiger partial charge on any atom is -0.375 e. The number of fused-ring (bicyclic) bond motifs is 3. The Morgan fingerprint density at radius 1 is 1.17 bits per heavy atom. The SMILES string of the molecule is CC(CC(F)(F)F)O[C@H]1CC[C@H](c2nnc3n2-c2ccc(Cl)cc2CN(C)C3)CC1. The summed E-state index contributed by atoms with van der Waals surface area (Å²) in [7, 11) is 2.04. The molecule has 1 aliphatic heterocycles. The van der Waals surface area contributed by atoms with Crippen LogP contribution in [0.25, 0.3) is 5.69 Å². The fourth-order valence-corrected chi connectivity index (χ4v) is 4.80. The Bertz CT molecular complexity index is 893. The van der Waals surface area contributed by atoms with Crippen LogP contribution in [0.2, 0.25) is 5.02 Å². The van der Waals surface area contributed by atoms with Gasteiger partial charge in [-0.2, -0.15) is 13.2 Å². The predicted molar refractivity (Wildman–Crippen MR) is 108 cm³/mol. The zero-order chi connectivity index (χ0) is 21.5. The highest BCUT2D eigenvalue weighted by atomic mass is 35.5. The number of aromatic nitrogens is 3. The Kier molecular flexibility index (Phi) is 6.10. The number of ether oxygens (including phenoxy) is 1. The van der Waals surface area contributed by atoms with Crippen LogP contribution >= 0.6 is 11.6 Å². The van der Waals surface area contributed by atoms with Gasteiger partial charge in [0.05, 0.1) is 30.9 Å². The number of hydrogen-bond donors (Lipinski definition) is 0. The van der Waals surface area contributed by atoms with E-state index in [-0.39, 0.29) is 12.0 Å². The maximum atomic E-state index is 12.6. The predicted octanol–water partition coefficient (Wildman–Crippen LogP) is 5.25. The second-order valence-corrected chi connectivity index (χ2v) is 8.93. The summed E-state index contributed by atoms with van der Waals surface area (Å²) in [5, 5.41) is 9.67. The second-order valence-electron chi connectivity index (χ2n) is 8.49. The van der Waals surface area contributed by atoms with E-state index in [2.05, 4.69) is 19.7 Å². The summed E-state index contributed by atoms with van der Waals surface area (Å²) < 4.78 is 45.5. The lowest BCUT2D eigenvalue weighted by molar-refractivity contribution is -0.166. The average molecular weight is 443 g/mol. The topological polar surface area (TPSA) is 43.2 Å². The average Bonchev–Trinajstić information content (AvgIpc) is 2.98. The lowest BCUT2D eigenvalue weighted by Crippen LogP contribution is -2.28. The molecule has 1 atom stereocenters. The molecular formula is C21H26ClF3N4O. The van der Waals surface area contributed by atoms with E-state index in [1.165, 1.54) is 6.92 Å². The molecule has 5 nitrogen and oxygen atoms in total. The first-order valence-electron chi connectivity index (χ1n) is 10.3. The molecule has 1 unspecified atom stereocenters. The summed E-state index contributed by atoms with van der Waals surface area (Å²) in [6.45, 7) is 2.96. The summed E-state index contributed by atoms with van der Waals surface area (Å²) in [5.74, 6) is 2.02. The molecule has 1 fully saturated rings. The molecule has 1 aliphatic carbocycles. The van der Waals surface area contributed by atoms with Crippen molar-refractivity contribution in [3.05, 3.63) is 40.4 Å². The number of halogens is 4. The highest BCUT2D eigenvalue weighted by Crippen LogP contribution is 2.37. The van der Waals surface area contributed by atoms with E-state index in [1.54, 1.807) is 0 Å². The smallest absolute Gasteiger partial charge is 0.375 e. The highest BCUT2D eigenvalue weighted by molar-refractivity contribution is 6.30. The lowest BCUT2D eigenvalue weighted by Gasteiger charge is -2.30. The van der Waals surface area contributed by atoms with Gasteiger partial charge in [-0.1, -0.05) is 11.6 Å². The van der Waals surface area contributed by atoms with Crippen LogP contribution < -0.4 is 0 Å². The van der Waals surface area contributed by atoms with Crippen LogP contribution in [0.3, 0.4) is 0 Å². The van der Waals surface area contributed by atoms with Crippen molar-refractivity contribution in [3.63, 3.8) is 0 Å². The van der Waals surface area contributed by atoms with Gasteiger partial charge >= 0.3 is 6.18 Å². The zero-order valence-corrected chi connectivity index (χ0v) is 17.9. The van der Waals surface area contributed by atoms with Crippen LogP contribution in [0.15, 0.2) is 18.2 Å². The van der Waals surface area contributed by atoms with Crippen molar-refractivity contribution >= 4 is 11.6 Å². The zero-order valence-electron chi connectivity index (χ0n) is 17.1. The molecule has 9 heteroatoms. The summed E-state index contributed by atoms with van der Waals surface area (Å²) in [6.07, 6.45) is -2.97. The molecule has 0 spiro atoms. The second kappa shape index (κ2) is 8.48. The van der Waals surface area contributed by atoms with E-state index in [1.807, 2.05) is 25.2 Å². The summed E-state index contributed by atoms with van der Waals surface area (Å²) in [6, 6.07) is 5.88. The summed E-state index contributed by atoms with van der Waals surface area (Å²) in [4.78, 5) is 2.18. The maximum Gasteiger partial charge on any atom is 0.391 e. The van der Waals surface area contributed by atoms with Gasteiger partial charge in [0.2, 0.25) is 0 Å². The van der Waals surface area contributed by atoms with Crippen molar-refractivity contribution < 1.29 is 17.9 Å². The van der Waals surface area contributed by atoms with Crippen LogP contribution in [-0.2, 0) is 17.8 Å².